The summed E-state index contributed by atoms with van der Waals surface area (Å²) in [6.45, 7) is 0.652. The minimum absolute atomic E-state index is 0.270. The minimum Gasteiger partial charge on any atom is -0.315 e. The number of anilines is 1. The molecule has 0 aliphatic rings. The Morgan fingerprint density at radius 3 is 2.95 bits per heavy atom. The first-order chi connectivity index (χ1) is 9.03. The van der Waals surface area contributed by atoms with Gasteiger partial charge in [-0.2, -0.15) is 0 Å². The number of aromatic nitrogens is 1. The Bertz CT molecular complexity index is 670. The van der Waals surface area contributed by atoms with Crippen molar-refractivity contribution in [3.63, 3.8) is 0 Å². The first kappa shape index (κ1) is 14.4. The summed E-state index contributed by atoms with van der Waals surface area (Å²) in [5.74, 6) is 0. The molecule has 2 N–H and O–H groups in total. The maximum Gasteiger partial charge on any atom is 0.262 e. The molecule has 2 rings (SSSR count). The topological polar surface area (TPSA) is 71.1 Å². The van der Waals surface area contributed by atoms with E-state index < -0.39 is 10.0 Å². The van der Waals surface area contributed by atoms with Crippen LogP contribution in [-0.4, -0.2) is 20.4 Å². The molecule has 0 radical (unpaired) electrons. The highest BCUT2D eigenvalue weighted by atomic mass is 79.9. The average molecular weight is 362 g/mol. The van der Waals surface area contributed by atoms with Gasteiger partial charge < -0.3 is 5.32 Å². The largest absolute Gasteiger partial charge is 0.315 e. The zero-order valence-corrected chi connectivity index (χ0v) is 13.3. The van der Waals surface area contributed by atoms with E-state index in [-0.39, 0.29) is 4.90 Å². The highest BCUT2D eigenvalue weighted by Gasteiger charge is 2.17. The summed E-state index contributed by atoms with van der Waals surface area (Å²) >= 11 is 4.66. The van der Waals surface area contributed by atoms with E-state index in [1.54, 1.807) is 17.5 Å². The Labute approximate surface area is 124 Å². The van der Waals surface area contributed by atoms with Gasteiger partial charge in [0.05, 0.1) is 15.1 Å². The van der Waals surface area contributed by atoms with Crippen LogP contribution in [0.2, 0.25) is 0 Å². The van der Waals surface area contributed by atoms with Crippen LogP contribution in [0.25, 0.3) is 0 Å². The maximum atomic E-state index is 12.2. The van der Waals surface area contributed by atoms with E-state index >= 15 is 0 Å². The molecule has 0 saturated heterocycles. The van der Waals surface area contributed by atoms with Gasteiger partial charge in [-0.3, -0.25) is 9.71 Å². The van der Waals surface area contributed by atoms with Crippen molar-refractivity contribution in [2.45, 2.75) is 11.4 Å². The van der Waals surface area contributed by atoms with Gasteiger partial charge in [-0.15, -0.1) is 11.3 Å². The van der Waals surface area contributed by atoms with Crippen molar-refractivity contribution in [2.24, 2.45) is 0 Å². The molecule has 2 heterocycles. The van der Waals surface area contributed by atoms with E-state index in [1.807, 2.05) is 7.05 Å². The van der Waals surface area contributed by atoms with Crippen molar-refractivity contribution in [1.29, 1.82) is 0 Å². The first-order valence-electron chi connectivity index (χ1n) is 5.37. The van der Waals surface area contributed by atoms with E-state index in [9.17, 15) is 8.42 Å². The quantitative estimate of drug-likeness (QED) is 0.857. The maximum absolute atomic E-state index is 12.2. The van der Waals surface area contributed by atoms with Crippen molar-refractivity contribution in [3.8, 4) is 0 Å². The molecule has 0 unspecified atom stereocenters. The molecular weight excluding hydrogens is 350 g/mol. The summed E-state index contributed by atoms with van der Waals surface area (Å²) in [6.07, 6.45) is 3.07. The smallest absolute Gasteiger partial charge is 0.262 e. The number of hydrogen-bond acceptors (Lipinski definition) is 5. The lowest BCUT2D eigenvalue weighted by atomic mass is 10.4. The number of halogens is 1. The van der Waals surface area contributed by atoms with Gasteiger partial charge in [0.25, 0.3) is 10.0 Å². The number of pyridine rings is 1. The van der Waals surface area contributed by atoms with Crippen molar-refractivity contribution in [2.75, 3.05) is 11.8 Å². The molecular formula is C11H12BrN3O2S2. The highest BCUT2D eigenvalue weighted by Crippen LogP contribution is 2.25. The molecule has 0 atom stereocenters. The van der Waals surface area contributed by atoms with Gasteiger partial charge in [0, 0.05) is 29.2 Å². The van der Waals surface area contributed by atoms with E-state index in [0.717, 1.165) is 4.88 Å². The lowest BCUT2D eigenvalue weighted by molar-refractivity contribution is 0.601. The van der Waals surface area contributed by atoms with Crippen LogP contribution in [-0.2, 0) is 16.6 Å². The summed E-state index contributed by atoms with van der Waals surface area (Å²) in [7, 11) is -1.74. The minimum atomic E-state index is -3.56. The van der Waals surface area contributed by atoms with Crippen LogP contribution in [0.1, 0.15) is 4.88 Å². The number of nitrogens with zero attached hydrogens (tertiary/aromatic N) is 1. The van der Waals surface area contributed by atoms with Crippen LogP contribution in [0.5, 0.6) is 0 Å². The van der Waals surface area contributed by atoms with E-state index in [2.05, 4.69) is 31.0 Å². The molecule has 0 amide bonds. The predicted molar refractivity (Wildman–Crippen MR) is 79.8 cm³/mol. The van der Waals surface area contributed by atoms with Gasteiger partial charge >= 0.3 is 0 Å². The zero-order valence-electron chi connectivity index (χ0n) is 10.1. The van der Waals surface area contributed by atoms with Gasteiger partial charge in [-0.25, -0.2) is 8.42 Å². The van der Waals surface area contributed by atoms with Crippen LogP contribution in [0.3, 0.4) is 0 Å². The Morgan fingerprint density at radius 2 is 2.26 bits per heavy atom. The molecule has 2 aromatic rings. The SMILES string of the molecule is CNCc1cc(S(=O)(=O)Nc2ccncc2Br)cs1. The van der Waals surface area contributed by atoms with Crippen molar-refractivity contribution >= 4 is 43.0 Å². The van der Waals surface area contributed by atoms with E-state index in [0.29, 0.717) is 16.7 Å². The van der Waals surface area contributed by atoms with Gasteiger partial charge in [-0.05, 0) is 35.1 Å². The number of thiophene rings is 1. The van der Waals surface area contributed by atoms with Gasteiger partial charge in [0.2, 0.25) is 0 Å². The number of nitrogens with one attached hydrogen (secondary N) is 2. The molecule has 0 aliphatic carbocycles. The van der Waals surface area contributed by atoms with Crippen molar-refractivity contribution in [3.05, 3.63) is 39.3 Å². The summed E-state index contributed by atoms with van der Waals surface area (Å²) in [5, 5.41) is 4.62. The summed E-state index contributed by atoms with van der Waals surface area (Å²) in [4.78, 5) is 5.13. The molecule has 8 heteroatoms. The highest BCUT2D eigenvalue weighted by molar-refractivity contribution is 9.10. The Balaban J connectivity index is 2.25. The fraction of sp³-hybridized carbons (Fsp3) is 0.182. The lowest BCUT2D eigenvalue weighted by Crippen LogP contribution is -2.12. The van der Waals surface area contributed by atoms with Crippen LogP contribution < -0.4 is 10.0 Å². The second-order valence-corrected chi connectivity index (χ2v) is 7.27. The van der Waals surface area contributed by atoms with Crippen LogP contribution >= 0.6 is 27.3 Å². The molecule has 0 fully saturated rings. The third-order valence-electron chi connectivity index (χ3n) is 2.31. The Morgan fingerprint density at radius 1 is 1.47 bits per heavy atom. The van der Waals surface area contributed by atoms with Gasteiger partial charge in [0.15, 0.2) is 0 Å². The molecule has 0 spiro atoms. The van der Waals surface area contributed by atoms with Crippen molar-refractivity contribution < 1.29 is 8.42 Å². The molecule has 0 aromatic carbocycles. The van der Waals surface area contributed by atoms with Crippen LogP contribution in [0.4, 0.5) is 5.69 Å². The number of rotatable bonds is 5. The summed E-state index contributed by atoms with van der Waals surface area (Å²) < 4.78 is 27.5. The van der Waals surface area contributed by atoms with Crippen LogP contribution in [0.15, 0.2) is 39.3 Å². The fourth-order valence-electron chi connectivity index (χ4n) is 1.43. The number of sulfonamides is 1. The van der Waals surface area contributed by atoms with E-state index in [1.165, 1.54) is 23.7 Å². The molecule has 0 bridgehead atoms. The van der Waals surface area contributed by atoms with Gasteiger partial charge in [-0.1, -0.05) is 0 Å². The Hall–Kier alpha value is -0.960. The average Bonchev–Trinajstić information content (AvgIpc) is 2.82. The van der Waals surface area contributed by atoms with Gasteiger partial charge in [0.1, 0.15) is 0 Å². The predicted octanol–water partition coefficient (Wildman–Crippen LogP) is 2.43. The third kappa shape index (κ3) is 3.53. The summed E-state index contributed by atoms with van der Waals surface area (Å²) in [6, 6.07) is 3.26. The molecule has 5 nitrogen and oxygen atoms in total. The monoisotopic (exact) mass is 361 g/mol. The Kier molecular flexibility index (Phi) is 4.56. The second kappa shape index (κ2) is 6.00. The molecule has 0 aliphatic heterocycles. The zero-order chi connectivity index (χ0) is 13.9. The number of hydrogen-bond donors (Lipinski definition) is 2. The second-order valence-electron chi connectivity index (χ2n) is 3.74. The molecule has 19 heavy (non-hydrogen) atoms. The molecule has 2 aromatic heterocycles. The standard InChI is InChI=1S/C11H12BrN3O2S2/c1-13-5-8-4-9(7-18-8)19(16,17)15-11-2-3-14-6-10(11)12/h2-4,6-7,13H,5H2,1H3,(H,14,15). The van der Waals surface area contributed by atoms with Crippen molar-refractivity contribution in [1.82, 2.24) is 10.3 Å². The van der Waals surface area contributed by atoms with Crippen LogP contribution in [0, 0.1) is 0 Å². The third-order valence-corrected chi connectivity index (χ3v) is 5.37. The summed E-state index contributed by atoms with van der Waals surface area (Å²) in [5.41, 5.74) is 0.469. The fourth-order valence-corrected chi connectivity index (χ4v) is 4.28. The molecule has 0 saturated carbocycles. The lowest BCUT2D eigenvalue weighted by Gasteiger charge is -2.07. The normalized spacial score (nSPS) is 11.5. The first-order valence-corrected chi connectivity index (χ1v) is 8.53. The van der Waals surface area contributed by atoms with E-state index in [4.69, 9.17) is 0 Å². The molecule has 102 valence electrons.